The van der Waals surface area contributed by atoms with E-state index in [1.165, 1.54) is 161 Å². The summed E-state index contributed by atoms with van der Waals surface area (Å²) >= 11 is 0. The van der Waals surface area contributed by atoms with Gasteiger partial charge in [-0.25, -0.2) is 0 Å². The molecule has 0 saturated carbocycles. The Hall–Kier alpha value is -3.15. The molecule has 2 rings (SSSR count). The fourth-order valence-electron chi connectivity index (χ4n) is 8.11. The molecule has 6 nitrogen and oxygen atoms in total. The molecule has 0 bridgehead atoms. The molecular formula is C56H94O6. The summed E-state index contributed by atoms with van der Waals surface area (Å²) in [6, 6.07) is 19.9. The van der Waals surface area contributed by atoms with Gasteiger partial charge in [-0.15, -0.1) is 0 Å². The van der Waals surface area contributed by atoms with E-state index in [0.29, 0.717) is 26.1 Å². The van der Waals surface area contributed by atoms with Crippen LogP contribution in [0.5, 0.6) is 0 Å². The van der Waals surface area contributed by atoms with Crippen molar-refractivity contribution in [2.75, 3.05) is 0 Å². The van der Waals surface area contributed by atoms with Crippen LogP contribution in [0, 0.1) is 5.92 Å². The second-order valence-electron chi connectivity index (χ2n) is 18.0. The van der Waals surface area contributed by atoms with Gasteiger partial charge in [0.05, 0.1) is 5.92 Å². The van der Waals surface area contributed by atoms with Crippen LogP contribution >= 0.6 is 0 Å². The highest BCUT2D eigenvalue weighted by molar-refractivity contribution is 5.72. The predicted molar refractivity (Wildman–Crippen MR) is 261 cm³/mol. The van der Waals surface area contributed by atoms with Gasteiger partial charge in [0.15, 0.2) is 0 Å². The molecule has 0 aliphatic carbocycles. The fourth-order valence-corrected chi connectivity index (χ4v) is 8.11. The fraction of sp³-hybridized carbons (Fsp3) is 0.732. The van der Waals surface area contributed by atoms with Crippen LogP contribution in [0.15, 0.2) is 60.7 Å². The highest BCUT2D eigenvalue weighted by Crippen LogP contribution is 2.22. The second kappa shape index (κ2) is 44.5. The van der Waals surface area contributed by atoms with Gasteiger partial charge in [-0.3, -0.25) is 14.4 Å². The average Bonchev–Trinajstić information content (AvgIpc) is 3.29. The number of carboxylic acids is 1. The van der Waals surface area contributed by atoms with E-state index in [1.807, 2.05) is 60.7 Å². The first-order chi connectivity index (χ1) is 30.5. The smallest absolute Gasteiger partial charge is 0.309 e. The maximum absolute atomic E-state index is 12.9. The average molecular weight is 863 g/mol. The Morgan fingerprint density at radius 3 is 1.06 bits per heavy atom. The van der Waals surface area contributed by atoms with Crippen molar-refractivity contribution in [2.45, 2.75) is 258 Å². The Balaban J connectivity index is 0.000000668. The molecule has 6 heteroatoms. The molecule has 2 aromatic rings. The van der Waals surface area contributed by atoms with Crippen molar-refractivity contribution >= 4 is 17.9 Å². The van der Waals surface area contributed by atoms with Crippen LogP contribution in [0.4, 0.5) is 0 Å². The first-order valence-corrected chi connectivity index (χ1v) is 26.1. The normalized spacial score (nSPS) is 11.5. The lowest BCUT2D eigenvalue weighted by Crippen LogP contribution is -2.18. The van der Waals surface area contributed by atoms with Gasteiger partial charge in [0.2, 0.25) is 0 Å². The summed E-state index contributed by atoms with van der Waals surface area (Å²) in [5, 5.41) is 8.66. The molecule has 0 spiro atoms. The van der Waals surface area contributed by atoms with Crippen molar-refractivity contribution in [2.24, 2.45) is 5.92 Å². The number of unbranched alkanes of at least 4 members (excludes halogenated alkanes) is 29. The topological polar surface area (TPSA) is 89.9 Å². The highest BCUT2D eigenvalue weighted by atomic mass is 16.5. The van der Waals surface area contributed by atoms with Crippen LogP contribution in [0.25, 0.3) is 0 Å². The third kappa shape index (κ3) is 38.5. The van der Waals surface area contributed by atoms with Crippen molar-refractivity contribution in [3.63, 3.8) is 0 Å². The Morgan fingerprint density at radius 1 is 0.403 bits per heavy atom. The number of carbonyl (C=O) groups excluding carboxylic acids is 2. The minimum atomic E-state index is -0.677. The van der Waals surface area contributed by atoms with Crippen LogP contribution in [0.1, 0.15) is 256 Å². The van der Waals surface area contributed by atoms with E-state index in [4.69, 9.17) is 14.6 Å². The van der Waals surface area contributed by atoms with Gasteiger partial charge < -0.3 is 14.6 Å². The quantitative estimate of drug-likeness (QED) is 0.0528. The van der Waals surface area contributed by atoms with Crippen molar-refractivity contribution in [3.8, 4) is 0 Å². The van der Waals surface area contributed by atoms with Crippen LogP contribution in [0.2, 0.25) is 0 Å². The monoisotopic (exact) mass is 863 g/mol. The van der Waals surface area contributed by atoms with Gasteiger partial charge in [-0.05, 0) is 36.8 Å². The molecule has 0 heterocycles. The second-order valence-corrected chi connectivity index (χ2v) is 18.0. The molecule has 0 aliphatic heterocycles. The lowest BCUT2D eigenvalue weighted by Gasteiger charge is -2.16. The van der Waals surface area contributed by atoms with Crippen LogP contribution in [-0.4, -0.2) is 23.0 Å². The minimum absolute atomic E-state index is 0.00449. The molecule has 0 fully saturated rings. The first-order valence-electron chi connectivity index (χ1n) is 26.1. The maximum atomic E-state index is 12.9. The number of rotatable bonds is 42. The van der Waals surface area contributed by atoms with Crippen LogP contribution < -0.4 is 0 Å². The van der Waals surface area contributed by atoms with E-state index < -0.39 is 5.97 Å². The Bertz CT molecular complexity index is 1260. The molecule has 1 N–H and O–H groups in total. The van der Waals surface area contributed by atoms with E-state index in [2.05, 4.69) is 13.8 Å². The number of carboxylic acid groups (broad SMARTS) is 1. The van der Waals surface area contributed by atoms with E-state index in [9.17, 15) is 14.4 Å². The van der Waals surface area contributed by atoms with E-state index in [1.54, 1.807) is 0 Å². The SMILES string of the molecule is CCCCCCCCCCC(CCCCCCCCCCCCCC(=O)O)C(=O)OCc1ccccc1.CCCCCCCCCCCCCCCC(=O)OCc1ccccc1. The van der Waals surface area contributed by atoms with Gasteiger partial charge >= 0.3 is 17.9 Å². The lowest BCUT2D eigenvalue weighted by atomic mass is 9.94. The third-order valence-electron chi connectivity index (χ3n) is 12.1. The number of carbonyl (C=O) groups is 3. The standard InChI is InChI=1S/C33H56O4.C23H38O2/c1-2-3-4-5-6-12-15-21-26-31(33(36)37-29-30-24-19-18-20-25-30)27-22-16-13-10-8-7-9-11-14-17-23-28-32(34)35;1-2-3-4-5-6-7-8-9-10-11-12-13-17-20-23(24)25-21-22-18-15-14-16-19-22/h18-20,24-25,31H,2-17,21-23,26-29H2,1H3,(H,34,35);14-16,18-19H,2-13,17,20-21H2,1H3. The van der Waals surface area contributed by atoms with E-state index in [-0.39, 0.29) is 17.9 Å². The van der Waals surface area contributed by atoms with Crippen LogP contribution in [0.3, 0.4) is 0 Å². The molecule has 1 unspecified atom stereocenters. The number of aliphatic carboxylic acids is 1. The molecule has 0 aromatic heterocycles. The van der Waals surface area contributed by atoms with Crippen molar-refractivity contribution in [1.82, 2.24) is 0 Å². The molecule has 62 heavy (non-hydrogen) atoms. The van der Waals surface area contributed by atoms with Crippen LogP contribution in [-0.2, 0) is 37.1 Å². The van der Waals surface area contributed by atoms with E-state index in [0.717, 1.165) is 68.9 Å². The Morgan fingerprint density at radius 2 is 0.710 bits per heavy atom. The summed E-state index contributed by atoms with van der Waals surface area (Å²) in [6.07, 6.45) is 43.3. The minimum Gasteiger partial charge on any atom is -0.481 e. The maximum Gasteiger partial charge on any atom is 0.309 e. The van der Waals surface area contributed by atoms with Gasteiger partial charge in [0.25, 0.3) is 0 Å². The molecular weight excluding hydrogens is 769 g/mol. The third-order valence-corrected chi connectivity index (χ3v) is 12.1. The molecule has 0 saturated heterocycles. The van der Waals surface area contributed by atoms with E-state index >= 15 is 0 Å². The number of hydrogen-bond acceptors (Lipinski definition) is 5. The largest absolute Gasteiger partial charge is 0.481 e. The summed E-state index contributed by atoms with van der Waals surface area (Å²) in [5.41, 5.74) is 2.11. The number of hydrogen-bond donors (Lipinski definition) is 1. The molecule has 0 radical (unpaired) electrons. The molecule has 0 amide bonds. The Labute approximate surface area is 381 Å². The summed E-state index contributed by atoms with van der Waals surface area (Å²) < 4.78 is 11.0. The predicted octanol–water partition coefficient (Wildman–Crippen LogP) is 17.2. The zero-order chi connectivity index (χ0) is 44.8. The summed E-state index contributed by atoms with van der Waals surface area (Å²) in [4.78, 5) is 35.1. The van der Waals surface area contributed by atoms with Gasteiger partial charge in [0.1, 0.15) is 13.2 Å². The molecule has 1 atom stereocenters. The Kier molecular flexibility index (Phi) is 40.8. The van der Waals surface area contributed by atoms with Crippen molar-refractivity contribution < 1.29 is 29.0 Å². The summed E-state index contributed by atoms with van der Waals surface area (Å²) in [5.74, 6) is -0.699. The summed E-state index contributed by atoms with van der Waals surface area (Å²) in [6.45, 7) is 5.31. The molecule has 0 aliphatic rings. The molecule has 354 valence electrons. The number of ether oxygens (including phenoxy) is 2. The highest BCUT2D eigenvalue weighted by Gasteiger charge is 2.19. The number of benzene rings is 2. The zero-order valence-corrected chi connectivity index (χ0v) is 40.2. The first kappa shape index (κ1) is 56.9. The van der Waals surface area contributed by atoms with Crippen molar-refractivity contribution in [3.05, 3.63) is 71.8 Å². The van der Waals surface area contributed by atoms with Gasteiger partial charge in [-0.2, -0.15) is 0 Å². The lowest BCUT2D eigenvalue weighted by molar-refractivity contribution is -0.150. The number of esters is 2. The van der Waals surface area contributed by atoms with Crippen molar-refractivity contribution in [1.29, 1.82) is 0 Å². The summed E-state index contributed by atoms with van der Waals surface area (Å²) in [7, 11) is 0. The zero-order valence-electron chi connectivity index (χ0n) is 40.2. The van der Waals surface area contributed by atoms with Gasteiger partial charge in [0, 0.05) is 12.8 Å². The molecule has 2 aromatic carbocycles. The van der Waals surface area contributed by atoms with Gasteiger partial charge in [-0.1, -0.05) is 267 Å².